The summed E-state index contributed by atoms with van der Waals surface area (Å²) in [5.74, 6) is 0. The van der Waals surface area contributed by atoms with Crippen molar-refractivity contribution in [2.75, 3.05) is 46.8 Å². The molecule has 1 heterocycles. The Hall–Kier alpha value is -0.120. The Balaban J connectivity index is 2.19. The summed E-state index contributed by atoms with van der Waals surface area (Å²) in [4.78, 5) is 5.05. The summed E-state index contributed by atoms with van der Waals surface area (Å²) in [6.07, 6.45) is 2.68. The van der Waals surface area contributed by atoms with Crippen LogP contribution >= 0.6 is 0 Å². The fraction of sp³-hybridized carbons (Fsp3) is 1.00. The van der Waals surface area contributed by atoms with E-state index >= 15 is 0 Å². The van der Waals surface area contributed by atoms with Crippen molar-refractivity contribution in [1.82, 2.24) is 15.1 Å². The van der Waals surface area contributed by atoms with Gasteiger partial charge in [-0.2, -0.15) is 0 Å². The molecule has 1 fully saturated rings. The fourth-order valence-electron chi connectivity index (χ4n) is 2.15. The Morgan fingerprint density at radius 3 is 2.50 bits per heavy atom. The van der Waals surface area contributed by atoms with Crippen LogP contribution in [0.5, 0.6) is 0 Å². The molecule has 84 valence electrons. The lowest BCUT2D eigenvalue weighted by molar-refractivity contribution is 0.132. The third-order valence-electron chi connectivity index (χ3n) is 3.34. The van der Waals surface area contributed by atoms with E-state index in [9.17, 15) is 0 Å². The van der Waals surface area contributed by atoms with E-state index in [1.165, 1.54) is 39.0 Å². The first-order valence-corrected chi connectivity index (χ1v) is 5.85. The quantitative estimate of drug-likeness (QED) is 0.700. The summed E-state index contributed by atoms with van der Waals surface area (Å²) in [6.45, 7) is 8.31. The van der Waals surface area contributed by atoms with E-state index in [2.05, 4.69) is 29.1 Å². The highest BCUT2D eigenvalue weighted by atomic mass is 15.2. The van der Waals surface area contributed by atoms with Gasteiger partial charge in [0.1, 0.15) is 0 Å². The molecule has 0 unspecified atom stereocenters. The van der Waals surface area contributed by atoms with Gasteiger partial charge in [-0.3, -0.25) is 0 Å². The number of rotatable bonds is 5. The van der Waals surface area contributed by atoms with Gasteiger partial charge in [0.2, 0.25) is 0 Å². The summed E-state index contributed by atoms with van der Waals surface area (Å²) in [5, 5.41) is 3.21. The van der Waals surface area contributed by atoms with Crippen molar-refractivity contribution in [2.45, 2.75) is 25.8 Å². The number of nitrogens with one attached hydrogen (secondary N) is 1. The molecule has 3 nitrogen and oxygen atoms in total. The molecule has 1 aliphatic rings. The summed E-state index contributed by atoms with van der Waals surface area (Å²) in [6, 6.07) is 0.811. The number of likely N-dealkylation sites (tertiary alicyclic amines) is 1. The lowest BCUT2D eigenvalue weighted by atomic mass is 10.0. The van der Waals surface area contributed by atoms with Crippen LogP contribution < -0.4 is 5.32 Å². The second kappa shape index (κ2) is 6.38. The van der Waals surface area contributed by atoms with Crippen molar-refractivity contribution >= 4 is 0 Å². The maximum absolute atomic E-state index is 3.21. The monoisotopic (exact) mass is 199 g/mol. The van der Waals surface area contributed by atoms with Crippen LogP contribution in [0, 0.1) is 0 Å². The van der Waals surface area contributed by atoms with Crippen molar-refractivity contribution in [1.29, 1.82) is 0 Å². The smallest absolute Gasteiger partial charge is 0.0117 e. The van der Waals surface area contributed by atoms with Gasteiger partial charge in [0.15, 0.2) is 0 Å². The average Bonchev–Trinajstić information content (AvgIpc) is 2.26. The van der Waals surface area contributed by atoms with Crippen LogP contribution in [0.15, 0.2) is 0 Å². The Morgan fingerprint density at radius 2 is 2.00 bits per heavy atom. The number of hydrogen-bond acceptors (Lipinski definition) is 3. The van der Waals surface area contributed by atoms with Crippen molar-refractivity contribution in [3.8, 4) is 0 Å². The molecule has 0 atom stereocenters. The molecule has 0 radical (unpaired) electrons. The summed E-state index contributed by atoms with van der Waals surface area (Å²) >= 11 is 0. The number of nitrogens with zero attached hydrogens (tertiary/aromatic N) is 2. The maximum atomic E-state index is 3.21. The second-order valence-corrected chi connectivity index (χ2v) is 4.25. The fourth-order valence-corrected chi connectivity index (χ4v) is 2.15. The molecule has 0 amide bonds. The van der Waals surface area contributed by atoms with Gasteiger partial charge in [0, 0.05) is 19.1 Å². The van der Waals surface area contributed by atoms with Crippen LogP contribution in [0.4, 0.5) is 0 Å². The van der Waals surface area contributed by atoms with E-state index < -0.39 is 0 Å². The molecule has 0 aromatic heterocycles. The summed E-state index contributed by atoms with van der Waals surface area (Å²) in [7, 11) is 4.27. The predicted octanol–water partition coefficient (Wildman–Crippen LogP) is 0.622. The average molecular weight is 199 g/mol. The highest BCUT2D eigenvalue weighted by molar-refractivity contribution is 4.77. The number of piperidine rings is 1. The van der Waals surface area contributed by atoms with Gasteiger partial charge >= 0.3 is 0 Å². The molecular weight excluding hydrogens is 174 g/mol. The topological polar surface area (TPSA) is 18.5 Å². The van der Waals surface area contributed by atoms with Crippen molar-refractivity contribution in [3.63, 3.8) is 0 Å². The minimum Gasteiger partial charge on any atom is -0.318 e. The Morgan fingerprint density at radius 1 is 1.36 bits per heavy atom. The Labute approximate surface area is 88.5 Å². The van der Waals surface area contributed by atoms with Gasteiger partial charge in [-0.1, -0.05) is 6.92 Å². The predicted molar refractivity (Wildman–Crippen MR) is 61.7 cm³/mol. The van der Waals surface area contributed by atoms with E-state index in [1.807, 2.05) is 7.05 Å². The first kappa shape index (κ1) is 12.0. The van der Waals surface area contributed by atoms with Crippen LogP contribution in [0.2, 0.25) is 0 Å². The molecule has 1 saturated heterocycles. The van der Waals surface area contributed by atoms with Gasteiger partial charge in [-0.05, 0) is 46.6 Å². The molecule has 0 aliphatic carbocycles. The largest absolute Gasteiger partial charge is 0.318 e. The molecule has 0 saturated carbocycles. The molecule has 0 bridgehead atoms. The van der Waals surface area contributed by atoms with Crippen LogP contribution in [-0.4, -0.2) is 62.7 Å². The zero-order valence-electron chi connectivity index (χ0n) is 9.92. The van der Waals surface area contributed by atoms with Gasteiger partial charge in [-0.25, -0.2) is 0 Å². The number of likely N-dealkylation sites (N-methyl/N-ethyl adjacent to an activating group) is 2. The lowest BCUT2D eigenvalue weighted by Gasteiger charge is -2.36. The zero-order chi connectivity index (χ0) is 10.4. The third-order valence-corrected chi connectivity index (χ3v) is 3.34. The van der Waals surface area contributed by atoms with E-state index in [0.717, 1.165) is 12.6 Å². The molecule has 0 aromatic carbocycles. The van der Waals surface area contributed by atoms with E-state index in [0.29, 0.717) is 0 Å². The van der Waals surface area contributed by atoms with Crippen molar-refractivity contribution in [3.05, 3.63) is 0 Å². The first-order valence-electron chi connectivity index (χ1n) is 5.85. The van der Waals surface area contributed by atoms with E-state index in [1.54, 1.807) is 0 Å². The first-order chi connectivity index (χ1) is 6.77. The molecule has 1 N–H and O–H groups in total. The zero-order valence-corrected chi connectivity index (χ0v) is 9.92. The normalized spacial score (nSPS) is 20.6. The minimum absolute atomic E-state index is 0.811. The van der Waals surface area contributed by atoms with Gasteiger partial charge in [-0.15, -0.1) is 0 Å². The molecule has 3 heteroatoms. The van der Waals surface area contributed by atoms with E-state index in [4.69, 9.17) is 0 Å². The summed E-state index contributed by atoms with van der Waals surface area (Å²) < 4.78 is 0. The Kier molecular flexibility index (Phi) is 5.45. The van der Waals surface area contributed by atoms with Gasteiger partial charge in [0.05, 0.1) is 0 Å². The molecule has 0 spiro atoms. The third kappa shape index (κ3) is 3.56. The van der Waals surface area contributed by atoms with Crippen LogP contribution in [0.1, 0.15) is 19.8 Å². The molecule has 1 aliphatic heterocycles. The molecular formula is C11H25N3. The highest BCUT2D eigenvalue weighted by Gasteiger charge is 2.20. The van der Waals surface area contributed by atoms with Gasteiger partial charge in [0.25, 0.3) is 0 Å². The van der Waals surface area contributed by atoms with Crippen LogP contribution in [0.25, 0.3) is 0 Å². The Bertz CT molecular complexity index is 141. The highest BCUT2D eigenvalue weighted by Crippen LogP contribution is 2.14. The van der Waals surface area contributed by atoms with E-state index in [-0.39, 0.29) is 0 Å². The van der Waals surface area contributed by atoms with Crippen LogP contribution in [-0.2, 0) is 0 Å². The molecule has 1 rings (SSSR count). The summed E-state index contributed by atoms with van der Waals surface area (Å²) in [5.41, 5.74) is 0. The van der Waals surface area contributed by atoms with Crippen molar-refractivity contribution in [2.24, 2.45) is 0 Å². The second-order valence-electron chi connectivity index (χ2n) is 4.25. The molecule has 0 aromatic rings. The lowest BCUT2D eigenvalue weighted by Crippen LogP contribution is -2.44. The van der Waals surface area contributed by atoms with Crippen LogP contribution in [0.3, 0.4) is 0 Å². The molecule has 14 heavy (non-hydrogen) atoms. The SMILES string of the molecule is CCN1CCC(N(C)CCNC)CC1. The maximum Gasteiger partial charge on any atom is 0.0117 e. The van der Waals surface area contributed by atoms with Gasteiger partial charge < -0.3 is 15.1 Å². The van der Waals surface area contributed by atoms with Crippen molar-refractivity contribution < 1.29 is 0 Å². The number of hydrogen-bond donors (Lipinski definition) is 1. The minimum atomic E-state index is 0.811. The standard InChI is InChI=1S/C11H25N3/c1-4-14-8-5-11(6-9-14)13(3)10-7-12-2/h11-12H,4-10H2,1-3H3.